The minimum Gasteiger partial charge on any atom is -0.340 e. The fourth-order valence-electron chi connectivity index (χ4n) is 2.41. The Morgan fingerprint density at radius 3 is 2.27 bits per heavy atom. The van der Waals surface area contributed by atoms with Crippen LogP contribution in [0.1, 0.15) is 11.1 Å². The highest BCUT2D eigenvalue weighted by Gasteiger charge is 2.05. The van der Waals surface area contributed by atoms with Crippen LogP contribution in [0.25, 0.3) is 0 Å². The molecule has 0 unspecified atom stereocenters. The Kier molecular flexibility index (Phi) is 5.76. The molecular weight excluding hydrogens is 369 g/mol. The first-order chi connectivity index (χ1) is 12.5. The third-order valence-corrected chi connectivity index (χ3v) is 4.10. The van der Waals surface area contributed by atoms with Gasteiger partial charge in [0.05, 0.1) is 18.3 Å². The lowest BCUT2D eigenvalue weighted by molar-refractivity contribution is -0.115. The molecule has 2 N–H and O–H groups in total. The van der Waals surface area contributed by atoms with Gasteiger partial charge in [0.2, 0.25) is 5.91 Å². The van der Waals surface area contributed by atoms with Crippen LogP contribution in [-0.4, -0.2) is 10.9 Å². The second kappa shape index (κ2) is 8.21. The summed E-state index contributed by atoms with van der Waals surface area (Å²) in [4.78, 5) is 16.4. The van der Waals surface area contributed by atoms with Gasteiger partial charge in [-0.2, -0.15) is 0 Å². The maximum Gasteiger partial charge on any atom is 0.228 e. The van der Waals surface area contributed by atoms with Crippen molar-refractivity contribution in [2.75, 3.05) is 10.6 Å². The van der Waals surface area contributed by atoms with Gasteiger partial charge in [-0.05, 0) is 42.8 Å². The number of aryl methyl sites for hydroxylation is 1. The lowest BCUT2D eigenvalue weighted by Gasteiger charge is -2.09. The van der Waals surface area contributed by atoms with Crippen LogP contribution < -0.4 is 10.6 Å². The molecule has 2 aromatic carbocycles. The van der Waals surface area contributed by atoms with Gasteiger partial charge in [-0.15, -0.1) is 0 Å². The van der Waals surface area contributed by atoms with Gasteiger partial charge >= 0.3 is 0 Å². The van der Waals surface area contributed by atoms with Crippen molar-refractivity contribution in [2.24, 2.45) is 0 Å². The van der Waals surface area contributed by atoms with Crippen LogP contribution in [0.4, 0.5) is 17.2 Å². The highest BCUT2D eigenvalue weighted by molar-refractivity contribution is 6.35. The maximum absolute atomic E-state index is 12.1. The summed E-state index contributed by atoms with van der Waals surface area (Å²) >= 11 is 12.0. The van der Waals surface area contributed by atoms with E-state index < -0.39 is 0 Å². The Hall–Kier alpha value is -2.56. The predicted molar refractivity (Wildman–Crippen MR) is 107 cm³/mol. The van der Waals surface area contributed by atoms with E-state index in [2.05, 4.69) is 15.6 Å². The summed E-state index contributed by atoms with van der Waals surface area (Å²) in [5.41, 5.74) is 3.52. The SMILES string of the molecule is Cc1ccc(CC(=O)Nc2ccc(Nc3cc(Cl)cc(Cl)c3)nc2)cc1. The summed E-state index contributed by atoms with van der Waals surface area (Å²) < 4.78 is 0. The Bertz CT molecular complexity index is 889. The standard InChI is InChI=1S/C20H17Cl2N3O/c1-13-2-4-14(5-3-13)8-20(26)25-17-6-7-19(23-12-17)24-18-10-15(21)9-16(22)11-18/h2-7,9-12H,8H2,1H3,(H,23,24)(H,25,26). The molecule has 0 spiro atoms. The maximum atomic E-state index is 12.1. The van der Waals surface area contributed by atoms with E-state index in [0.717, 1.165) is 11.3 Å². The van der Waals surface area contributed by atoms with Crippen molar-refractivity contribution in [1.29, 1.82) is 0 Å². The molecule has 0 saturated carbocycles. The summed E-state index contributed by atoms with van der Waals surface area (Å²) in [6.45, 7) is 2.02. The zero-order valence-electron chi connectivity index (χ0n) is 14.1. The number of nitrogens with zero attached hydrogens (tertiary/aromatic N) is 1. The third kappa shape index (κ3) is 5.22. The normalized spacial score (nSPS) is 10.4. The van der Waals surface area contributed by atoms with Gasteiger partial charge in [-0.1, -0.05) is 53.0 Å². The van der Waals surface area contributed by atoms with Crippen molar-refractivity contribution >= 4 is 46.3 Å². The molecule has 1 amide bonds. The molecule has 4 nitrogen and oxygen atoms in total. The minimum atomic E-state index is -0.0852. The smallest absolute Gasteiger partial charge is 0.228 e. The Morgan fingerprint density at radius 1 is 0.962 bits per heavy atom. The number of hydrogen-bond acceptors (Lipinski definition) is 3. The van der Waals surface area contributed by atoms with Gasteiger partial charge in [-0.3, -0.25) is 4.79 Å². The van der Waals surface area contributed by atoms with Gasteiger partial charge in [-0.25, -0.2) is 4.98 Å². The zero-order chi connectivity index (χ0) is 18.5. The van der Waals surface area contributed by atoms with E-state index in [0.29, 0.717) is 28.0 Å². The Morgan fingerprint density at radius 2 is 1.65 bits per heavy atom. The number of nitrogens with one attached hydrogen (secondary N) is 2. The van der Waals surface area contributed by atoms with Crippen LogP contribution >= 0.6 is 23.2 Å². The van der Waals surface area contributed by atoms with Crippen molar-refractivity contribution in [1.82, 2.24) is 4.98 Å². The van der Waals surface area contributed by atoms with Crippen LogP contribution in [-0.2, 0) is 11.2 Å². The summed E-state index contributed by atoms with van der Waals surface area (Å²) in [5.74, 6) is 0.540. The molecule has 0 aliphatic heterocycles. The van der Waals surface area contributed by atoms with Crippen LogP contribution in [0.15, 0.2) is 60.8 Å². The van der Waals surface area contributed by atoms with E-state index in [-0.39, 0.29) is 5.91 Å². The van der Waals surface area contributed by atoms with Crippen molar-refractivity contribution in [3.8, 4) is 0 Å². The molecule has 0 fully saturated rings. The molecule has 0 aliphatic rings. The molecule has 1 heterocycles. The number of anilines is 3. The number of carbonyl (C=O) groups is 1. The van der Waals surface area contributed by atoms with E-state index in [4.69, 9.17) is 23.2 Å². The van der Waals surface area contributed by atoms with Crippen molar-refractivity contribution in [3.05, 3.63) is 82.0 Å². The largest absolute Gasteiger partial charge is 0.340 e. The lowest BCUT2D eigenvalue weighted by Crippen LogP contribution is -2.14. The fraction of sp³-hybridized carbons (Fsp3) is 0.100. The van der Waals surface area contributed by atoms with Crippen LogP contribution in [0.5, 0.6) is 0 Å². The average Bonchev–Trinajstić information content (AvgIpc) is 2.58. The summed E-state index contributed by atoms with van der Waals surface area (Å²) in [6, 6.07) is 16.6. The highest BCUT2D eigenvalue weighted by atomic mass is 35.5. The highest BCUT2D eigenvalue weighted by Crippen LogP contribution is 2.25. The van der Waals surface area contributed by atoms with Gasteiger partial charge in [0.25, 0.3) is 0 Å². The summed E-state index contributed by atoms with van der Waals surface area (Å²) in [7, 11) is 0. The molecule has 3 aromatic rings. The lowest BCUT2D eigenvalue weighted by atomic mass is 10.1. The van der Waals surface area contributed by atoms with E-state index in [1.807, 2.05) is 31.2 Å². The van der Waals surface area contributed by atoms with Gasteiger partial charge < -0.3 is 10.6 Å². The van der Waals surface area contributed by atoms with Crippen LogP contribution in [0, 0.1) is 6.92 Å². The number of carbonyl (C=O) groups excluding carboxylic acids is 1. The summed E-state index contributed by atoms with van der Waals surface area (Å²) in [5, 5.41) is 7.04. The molecule has 1 aromatic heterocycles. The minimum absolute atomic E-state index is 0.0852. The Labute approximate surface area is 162 Å². The van der Waals surface area contributed by atoms with E-state index in [1.165, 1.54) is 5.56 Å². The molecule has 0 atom stereocenters. The topological polar surface area (TPSA) is 54.0 Å². The van der Waals surface area contributed by atoms with Gasteiger partial charge in [0.1, 0.15) is 5.82 Å². The number of halogens is 2. The van der Waals surface area contributed by atoms with E-state index >= 15 is 0 Å². The van der Waals surface area contributed by atoms with E-state index in [9.17, 15) is 4.79 Å². The molecule has 0 bridgehead atoms. The van der Waals surface area contributed by atoms with Crippen molar-refractivity contribution < 1.29 is 4.79 Å². The molecule has 6 heteroatoms. The van der Waals surface area contributed by atoms with Gasteiger partial charge in [0.15, 0.2) is 0 Å². The first-order valence-corrected chi connectivity index (χ1v) is 8.78. The third-order valence-electron chi connectivity index (χ3n) is 3.67. The second-order valence-corrected chi connectivity index (χ2v) is 6.80. The number of amides is 1. The quantitative estimate of drug-likeness (QED) is 0.598. The number of hydrogen-bond donors (Lipinski definition) is 2. The average molecular weight is 386 g/mol. The number of benzene rings is 2. The number of rotatable bonds is 5. The molecule has 0 saturated heterocycles. The zero-order valence-corrected chi connectivity index (χ0v) is 15.6. The molecule has 0 aliphatic carbocycles. The summed E-state index contributed by atoms with van der Waals surface area (Å²) in [6.07, 6.45) is 1.92. The first-order valence-electron chi connectivity index (χ1n) is 8.02. The Balaban J connectivity index is 1.60. The molecular formula is C20H17Cl2N3O. The molecule has 0 radical (unpaired) electrons. The molecule has 132 valence electrons. The number of aromatic nitrogens is 1. The van der Waals surface area contributed by atoms with Crippen LogP contribution in [0.2, 0.25) is 10.0 Å². The van der Waals surface area contributed by atoms with Crippen molar-refractivity contribution in [3.63, 3.8) is 0 Å². The predicted octanol–water partition coefficient (Wildman–Crippen LogP) is 5.62. The molecule has 26 heavy (non-hydrogen) atoms. The van der Waals surface area contributed by atoms with Gasteiger partial charge in [0, 0.05) is 15.7 Å². The van der Waals surface area contributed by atoms with Crippen LogP contribution in [0.3, 0.4) is 0 Å². The number of pyridine rings is 1. The monoisotopic (exact) mass is 385 g/mol. The second-order valence-electron chi connectivity index (χ2n) is 5.93. The fourth-order valence-corrected chi connectivity index (χ4v) is 2.94. The van der Waals surface area contributed by atoms with Crippen molar-refractivity contribution in [2.45, 2.75) is 13.3 Å². The first kappa shape index (κ1) is 18.2. The van der Waals surface area contributed by atoms with E-state index in [1.54, 1.807) is 36.5 Å². The molecule has 3 rings (SSSR count).